The lowest BCUT2D eigenvalue weighted by molar-refractivity contribution is -0.137. The molecule has 2 aliphatic heterocycles. The molecule has 3 heterocycles. The number of alkyl halides is 3. The predicted octanol–water partition coefficient (Wildman–Crippen LogP) is 7.62. The van der Waals surface area contributed by atoms with E-state index in [1.54, 1.807) is 51.4 Å². The van der Waals surface area contributed by atoms with E-state index in [1.807, 2.05) is 36.9 Å². The summed E-state index contributed by atoms with van der Waals surface area (Å²) in [5.41, 5.74) is 5.76. The van der Waals surface area contributed by atoms with Gasteiger partial charge in [0.25, 0.3) is 0 Å². The van der Waals surface area contributed by atoms with Crippen molar-refractivity contribution >= 4 is 18.0 Å². The van der Waals surface area contributed by atoms with Crippen molar-refractivity contribution in [1.29, 1.82) is 0 Å². The highest BCUT2D eigenvalue weighted by molar-refractivity contribution is 5.89. The number of cyclic esters (lactones) is 1. The summed E-state index contributed by atoms with van der Waals surface area (Å²) in [5.74, 6) is -0.524. The van der Waals surface area contributed by atoms with Gasteiger partial charge in [-0.25, -0.2) is 19.6 Å². The molecule has 0 saturated carbocycles. The minimum absolute atomic E-state index is 0.0283. The van der Waals surface area contributed by atoms with Gasteiger partial charge in [-0.1, -0.05) is 36.8 Å². The van der Waals surface area contributed by atoms with Crippen LogP contribution in [0.1, 0.15) is 63.8 Å². The van der Waals surface area contributed by atoms with Crippen molar-refractivity contribution in [1.82, 2.24) is 14.9 Å². The Morgan fingerprint density at radius 2 is 1.80 bits per heavy atom. The van der Waals surface area contributed by atoms with Crippen molar-refractivity contribution in [2.24, 2.45) is 0 Å². The molecule has 3 aromatic carbocycles. The van der Waals surface area contributed by atoms with Gasteiger partial charge in [0.15, 0.2) is 0 Å². The van der Waals surface area contributed by atoms with Crippen LogP contribution in [0.4, 0.5) is 23.9 Å². The zero-order valence-electron chi connectivity index (χ0n) is 27.8. The van der Waals surface area contributed by atoms with Gasteiger partial charge in [0, 0.05) is 32.0 Å². The van der Waals surface area contributed by atoms with Crippen molar-refractivity contribution in [2.45, 2.75) is 65.1 Å². The summed E-state index contributed by atoms with van der Waals surface area (Å²) in [5, 5.41) is 9.46. The quantitative estimate of drug-likeness (QED) is 0.193. The average Bonchev–Trinajstić information content (AvgIpc) is 3.32. The standard InChI is InChI=1S/C37H37F3N4O5/c1-6-23-7-8-24(29-10-9-25(34(45)46)13-21(29)3)15-30(23)31-16-41-35(43-17-28(18-43)48-5)42-32(31)19-44-22(4)33(49-36(44)47)26-11-20(2)12-27(14-26)37(38,39)40/h7-16,22,28,33H,6,17-19H2,1-5H3,(H,45,46)/t22-,33-/m0/s1. The van der Waals surface area contributed by atoms with E-state index < -0.39 is 35.9 Å². The summed E-state index contributed by atoms with van der Waals surface area (Å²) in [4.78, 5) is 38.1. The van der Waals surface area contributed by atoms with E-state index in [2.05, 4.69) is 0 Å². The maximum atomic E-state index is 13.7. The second kappa shape index (κ2) is 13.1. The van der Waals surface area contributed by atoms with E-state index in [1.165, 1.54) is 4.90 Å². The third-order valence-electron chi connectivity index (χ3n) is 9.35. The summed E-state index contributed by atoms with van der Waals surface area (Å²) >= 11 is 0. The van der Waals surface area contributed by atoms with Crippen LogP contribution >= 0.6 is 0 Å². The molecule has 2 aliphatic rings. The van der Waals surface area contributed by atoms with Crippen LogP contribution in [0.25, 0.3) is 22.3 Å². The normalized spacial score (nSPS) is 18.1. The Morgan fingerprint density at radius 3 is 2.45 bits per heavy atom. The third kappa shape index (κ3) is 6.69. The molecule has 12 heteroatoms. The third-order valence-corrected chi connectivity index (χ3v) is 9.35. The molecule has 1 N–H and O–H groups in total. The molecule has 0 unspecified atom stereocenters. The Bertz CT molecular complexity index is 1920. The lowest BCUT2D eigenvalue weighted by Crippen LogP contribution is -2.52. The molecule has 256 valence electrons. The molecule has 0 aliphatic carbocycles. The molecular weight excluding hydrogens is 637 g/mol. The van der Waals surface area contributed by atoms with Crippen LogP contribution in [0.5, 0.6) is 0 Å². The lowest BCUT2D eigenvalue weighted by atomic mass is 9.91. The van der Waals surface area contributed by atoms with E-state index in [0.29, 0.717) is 42.3 Å². The number of benzene rings is 3. The van der Waals surface area contributed by atoms with Crippen molar-refractivity contribution in [3.63, 3.8) is 0 Å². The number of carboxylic acid groups (broad SMARTS) is 1. The number of aryl methyl sites for hydroxylation is 3. The van der Waals surface area contributed by atoms with E-state index >= 15 is 0 Å². The molecule has 0 radical (unpaired) electrons. The summed E-state index contributed by atoms with van der Waals surface area (Å²) in [6.07, 6.45) is -3.62. The number of carbonyl (C=O) groups is 2. The number of ether oxygens (including phenoxy) is 2. The Labute approximate surface area is 282 Å². The second-order valence-electron chi connectivity index (χ2n) is 12.7. The molecule has 9 nitrogen and oxygen atoms in total. The monoisotopic (exact) mass is 674 g/mol. The van der Waals surface area contributed by atoms with E-state index in [9.17, 15) is 27.9 Å². The molecule has 4 aromatic rings. The summed E-state index contributed by atoms with van der Waals surface area (Å²) in [6, 6.07) is 14.2. The number of rotatable bonds is 9. The number of methoxy groups -OCH3 is 1. The molecular formula is C37H37F3N4O5. The Morgan fingerprint density at radius 1 is 1.04 bits per heavy atom. The first kappa shape index (κ1) is 33.9. The van der Waals surface area contributed by atoms with Gasteiger partial charge in [-0.15, -0.1) is 0 Å². The molecule has 2 saturated heterocycles. The van der Waals surface area contributed by atoms with Crippen molar-refractivity contribution < 1.29 is 37.3 Å². The van der Waals surface area contributed by atoms with E-state index in [4.69, 9.17) is 19.4 Å². The van der Waals surface area contributed by atoms with E-state index in [-0.39, 0.29) is 23.8 Å². The second-order valence-corrected chi connectivity index (χ2v) is 12.7. The number of halogens is 3. The van der Waals surface area contributed by atoms with Crippen molar-refractivity contribution in [2.75, 3.05) is 25.1 Å². The van der Waals surface area contributed by atoms with Crippen LogP contribution in [0.15, 0.2) is 60.8 Å². The van der Waals surface area contributed by atoms with Crippen LogP contribution in [0.3, 0.4) is 0 Å². The number of aromatic carboxylic acids is 1. The first-order valence-electron chi connectivity index (χ1n) is 16.0. The zero-order chi connectivity index (χ0) is 35.2. The number of carboxylic acids is 1. The number of carbonyl (C=O) groups excluding carboxylic acids is 1. The Hall–Kier alpha value is -4.97. The zero-order valence-corrected chi connectivity index (χ0v) is 27.8. The largest absolute Gasteiger partial charge is 0.478 e. The smallest absolute Gasteiger partial charge is 0.416 e. The highest BCUT2D eigenvalue weighted by Crippen LogP contribution is 2.39. The number of hydrogen-bond donors (Lipinski definition) is 1. The molecule has 2 atom stereocenters. The summed E-state index contributed by atoms with van der Waals surface area (Å²) < 4.78 is 52.1. The van der Waals surface area contributed by atoms with Crippen LogP contribution in [0, 0.1) is 13.8 Å². The first-order valence-corrected chi connectivity index (χ1v) is 16.0. The SMILES string of the molecule is CCc1ccc(-c2ccc(C(=O)O)cc2C)cc1-c1cnc(N2CC(OC)C2)nc1CN1C(=O)O[C@H](c2cc(C)cc(C(F)(F)F)c2)[C@@H]1C. The van der Waals surface area contributed by atoms with Gasteiger partial charge >= 0.3 is 18.2 Å². The number of amides is 1. The fourth-order valence-electron chi connectivity index (χ4n) is 6.54. The number of nitrogens with zero attached hydrogens (tertiary/aromatic N) is 4. The van der Waals surface area contributed by atoms with Crippen LogP contribution in [-0.2, 0) is 28.6 Å². The molecule has 0 spiro atoms. The molecule has 6 rings (SSSR count). The summed E-state index contributed by atoms with van der Waals surface area (Å²) in [6.45, 7) is 8.48. The fraction of sp³-hybridized carbons (Fsp3) is 0.351. The van der Waals surface area contributed by atoms with Gasteiger partial charge in [0.2, 0.25) is 5.95 Å². The van der Waals surface area contributed by atoms with E-state index in [0.717, 1.165) is 39.9 Å². The van der Waals surface area contributed by atoms with Gasteiger partial charge in [-0.2, -0.15) is 13.2 Å². The Balaban J connectivity index is 1.40. The maximum absolute atomic E-state index is 13.7. The predicted molar refractivity (Wildman–Crippen MR) is 177 cm³/mol. The highest BCUT2D eigenvalue weighted by atomic mass is 19.4. The first-order chi connectivity index (χ1) is 23.3. The van der Waals surface area contributed by atoms with Crippen molar-refractivity contribution in [3.05, 3.63) is 99.9 Å². The minimum Gasteiger partial charge on any atom is -0.478 e. The molecule has 1 amide bonds. The Kier molecular flexibility index (Phi) is 9.10. The topological polar surface area (TPSA) is 105 Å². The van der Waals surface area contributed by atoms with Gasteiger partial charge in [-0.3, -0.25) is 4.90 Å². The number of anilines is 1. The maximum Gasteiger partial charge on any atom is 0.416 e. The molecule has 49 heavy (non-hydrogen) atoms. The van der Waals surface area contributed by atoms with Gasteiger partial charge in [-0.05, 0) is 90.9 Å². The molecule has 1 aromatic heterocycles. The molecule has 0 bridgehead atoms. The van der Waals surface area contributed by atoms with Crippen LogP contribution < -0.4 is 4.90 Å². The van der Waals surface area contributed by atoms with Crippen molar-refractivity contribution in [3.8, 4) is 22.3 Å². The highest BCUT2D eigenvalue weighted by Gasteiger charge is 2.42. The van der Waals surface area contributed by atoms with Gasteiger partial charge < -0.3 is 19.5 Å². The van der Waals surface area contributed by atoms with Gasteiger partial charge in [0.1, 0.15) is 6.10 Å². The lowest BCUT2D eigenvalue weighted by Gasteiger charge is -2.38. The fourth-order valence-corrected chi connectivity index (χ4v) is 6.54. The number of hydrogen-bond acceptors (Lipinski definition) is 7. The average molecular weight is 675 g/mol. The van der Waals surface area contributed by atoms with Crippen LogP contribution in [-0.4, -0.2) is 64.4 Å². The number of aromatic nitrogens is 2. The van der Waals surface area contributed by atoms with Gasteiger partial charge in [0.05, 0.1) is 35.5 Å². The van der Waals surface area contributed by atoms with Crippen LogP contribution in [0.2, 0.25) is 0 Å². The molecule has 2 fully saturated rings. The minimum atomic E-state index is -4.54. The summed E-state index contributed by atoms with van der Waals surface area (Å²) in [7, 11) is 1.65.